The average molecular weight is 264 g/mol. The Kier molecular flexibility index (Phi) is 5.65. The Hall–Kier alpha value is -2.25. The zero-order chi connectivity index (χ0) is 14.3. The molecular weight excluding hydrogens is 248 g/mol. The number of nitrogens with one attached hydrogen (secondary N) is 1. The Labute approximate surface area is 110 Å². The van der Waals surface area contributed by atoms with Crippen molar-refractivity contribution in [1.82, 2.24) is 5.43 Å². The average Bonchev–Trinajstić information content (AvgIpc) is 2.39. The molecule has 0 bridgehead atoms. The van der Waals surface area contributed by atoms with Crippen LogP contribution in [0, 0.1) is 0 Å². The first-order valence-electron chi connectivity index (χ1n) is 5.57. The first-order valence-corrected chi connectivity index (χ1v) is 5.57. The summed E-state index contributed by atoms with van der Waals surface area (Å²) in [6, 6.07) is 6.41. The first kappa shape index (κ1) is 14.8. The fourth-order valence-corrected chi connectivity index (χ4v) is 1.36. The van der Waals surface area contributed by atoms with Crippen molar-refractivity contribution in [2.45, 2.75) is 19.4 Å². The molecule has 102 valence electrons. The fraction of sp³-hybridized carbons (Fsp3) is 0.250. The van der Waals surface area contributed by atoms with Crippen LogP contribution in [0.25, 0.3) is 0 Å². The van der Waals surface area contributed by atoms with E-state index in [1.54, 1.807) is 24.3 Å². The summed E-state index contributed by atoms with van der Waals surface area (Å²) in [5, 5.41) is 3.73. The Morgan fingerprint density at radius 1 is 1.42 bits per heavy atom. The molecule has 1 amide bonds. The molecule has 0 aromatic heterocycles. The van der Waals surface area contributed by atoms with Gasteiger partial charge in [0.1, 0.15) is 6.04 Å². The van der Waals surface area contributed by atoms with Crippen molar-refractivity contribution < 1.29 is 14.4 Å². The number of benzene rings is 1. The van der Waals surface area contributed by atoms with Crippen molar-refractivity contribution in [3.05, 3.63) is 35.4 Å². The van der Waals surface area contributed by atoms with E-state index in [1.807, 2.05) is 0 Å². The van der Waals surface area contributed by atoms with E-state index in [9.17, 15) is 9.59 Å². The van der Waals surface area contributed by atoms with E-state index in [4.69, 9.17) is 11.6 Å². The second-order valence-electron chi connectivity index (χ2n) is 3.92. The van der Waals surface area contributed by atoms with Crippen LogP contribution >= 0.6 is 0 Å². The highest BCUT2D eigenvalue weighted by Gasteiger charge is 2.14. The van der Waals surface area contributed by atoms with Gasteiger partial charge in [0.25, 0.3) is 0 Å². The molecule has 1 atom stereocenters. The van der Waals surface area contributed by atoms with E-state index in [0.717, 1.165) is 11.1 Å². The molecule has 1 rings (SSSR count). The highest BCUT2D eigenvalue weighted by molar-refractivity contribution is 5.81. The lowest BCUT2D eigenvalue weighted by Gasteiger charge is -2.08. The van der Waals surface area contributed by atoms with E-state index in [2.05, 4.69) is 15.4 Å². The smallest absolute Gasteiger partial charge is 0.341 e. The predicted molar refractivity (Wildman–Crippen MR) is 69.8 cm³/mol. The van der Waals surface area contributed by atoms with Crippen molar-refractivity contribution >= 4 is 18.1 Å². The number of hydrogen-bond donors (Lipinski definition) is 3. The molecule has 0 radical (unpaired) electrons. The van der Waals surface area contributed by atoms with Gasteiger partial charge in [0, 0.05) is 6.92 Å². The van der Waals surface area contributed by atoms with Gasteiger partial charge in [0.05, 0.1) is 6.21 Å². The van der Waals surface area contributed by atoms with Gasteiger partial charge in [-0.15, -0.1) is 0 Å². The SMILES string of the molecule is CC(=O)N/N=C/c1ccc(CC(N)C(=O)ON)cc1. The predicted octanol–water partition coefficient (Wildman–Crippen LogP) is -0.557. The van der Waals surface area contributed by atoms with Crippen LogP contribution in [0.3, 0.4) is 0 Å². The van der Waals surface area contributed by atoms with Crippen LogP contribution in [-0.2, 0) is 20.8 Å². The van der Waals surface area contributed by atoms with E-state index >= 15 is 0 Å². The summed E-state index contributed by atoms with van der Waals surface area (Å²) in [7, 11) is 0. The lowest BCUT2D eigenvalue weighted by molar-refractivity contribution is -0.145. The molecule has 7 nitrogen and oxygen atoms in total. The second kappa shape index (κ2) is 7.24. The topological polar surface area (TPSA) is 120 Å². The van der Waals surface area contributed by atoms with Crippen LogP contribution in [0.4, 0.5) is 0 Å². The number of nitrogens with zero attached hydrogens (tertiary/aromatic N) is 1. The van der Waals surface area contributed by atoms with Gasteiger partial charge in [0.15, 0.2) is 0 Å². The second-order valence-corrected chi connectivity index (χ2v) is 3.92. The first-order chi connectivity index (χ1) is 9.02. The molecule has 7 heteroatoms. The third-order valence-corrected chi connectivity index (χ3v) is 2.29. The molecule has 0 saturated heterocycles. The van der Waals surface area contributed by atoms with Crippen molar-refractivity contribution in [3.8, 4) is 0 Å². The standard InChI is InChI=1S/C12H16N4O3/c1-8(17)16-15-7-10-4-2-9(3-5-10)6-11(13)12(18)19-14/h2-5,7,11H,6,13-14H2,1H3,(H,16,17)/b15-7+. The minimum Gasteiger partial charge on any atom is -0.372 e. The maximum absolute atomic E-state index is 11.1. The minimum atomic E-state index is -0.788. The molecule has 19 heavy (non-hydrogen) atoms. The van der Waals surface area contributed by atoms with Gasteiger partial charge >= 0.3 is 5.97 Å². The minimum absolute atomic E-state index is 0.237. The Balaban J connectivity index is 2.59. The quantitative estimate of drug-likeness (QED) is 0.486. The summed E-state index contributed by atoms with van der Waals surface area (Å²) < 4.78 is 0. The monoisotopic (exact) mass is 264 g/mol. The van der Waals surface area contributed by atoms with E-state index in [0.29, 0.717) is 6.42 Å². The zero-order valence-electron chi connectivity index (χ0n) is 10.5. The molecule has 1 unspecified atom stereocenters. The molecule has 0 saturated carbocycles. The number of hydrazone groups is 1. The third kappa shape index (κ3) is 5.28. The van der Waals surface area contributed by atoms with Gasteiger partial charge in [-0.05, 0) is 17.5 Å². The molecule has 0 aliphatic rings. The Morgan fingerprint density at radius 2 is 2.05 bits per heavy atom. The maximum Gasteiger partial charge on any atom is 0.341 e. The van der Waals surface area contributed by atoms with E-state index in [-0.39, 0.29) is 5.91 Å². The molecule has 0 aliphatic heterocycles. The molecule has 0 aliphatic carbocycles. The van der Waals surface area contributed by atoms with Crippen LogP contribution in [0.2, 0.25) is 0 Å². The van der Waals surface area contributed by atoms with Crippen LogP contribution in [0.5, 0.6) is 0 Å². The van der Waals surface area contributed by atoms with E-state index in [1.165, 1.54) is 13.1 Å². The van der Waals surface area contributed by atoms with Gasteiger partial charge in [-0.25, -0.2) is 10.2 Å². The largest absolute Gasteiger partial charge is 0.372 e. The van der Waals surface area contributed by atoms with Gasteiger partial charge in [-0.1, -0.05) is 24.3 Å². The summed E-state index contributed by atoms with van der Waals surface area (Å²) in [6.07, 6.45) is 1.85. The summed E-state index contributed by atoms with van der Waals surface area (Å²) >= 11 is 0. The molecule has 1 aromatic carbocycles. The van der Waals surface area contributed by atoms with Crippen molar-refractivity contribution in [2.24, 2.45) is 16.7 Å². The molecule has 0 spiro atoms. The Morgan fingerprint density at radius 3 is 2.58 bits per heavy atom. The summed E-state index contributed by atoms with van der Waals surface area (Å²) in [5.41, 5.74) is 9.56. The van der Waals surface area contributed by atoms with Gasteiger partial charge in [-0.2, -0.15) is 11.0 Å². The van der Waals surface area contributed by atoms with Crippen molar-refractivity contribution in [3.63, 3.8) is 0 Å². The molecule has 5 N–H and O–H groups in total. The lowest BCUT2D eigenvalue weighted by atomic mass is 10.1. The highest BCUT2D eigenvalue weighted by Crippen LogP contribution is 2.05. The zero-order valence-corrected chi connectivity index (χ0v) is 10.5. The van der Waals surface area contributed by atoms with Gasteiger partial charge < -0.3 is 10.6 Å². The number of amides is 1. The van der Waals surface area contributed by atoms with Crippen LogP contribution in [-0.4, -0.2) is 24.1 Å². The van der Waals surface area contributed by atoms with Gasteiger partial charge in [-0.3, -0.25) is 4.79 Å². The Bertz CT molecular complexity index is 470. The third-order valence-electron chi connectivity index (χ3n) is 2.29. The summed E-state index contributed by atoms with van der Waals surface area (Å²) in [5.74, 6) is 3.86. The van der Waals surface area contributed by atoms with Gasteiger partial charge in [0.2, 0.25) is 5.91 Å². The number of carbonyl (C=O) groups is 2. The van der Waals surface area contributed by atoms with E-state index < -0.39 is 12.0 Å². The van der Waals surface area contributed by atoms with Crippen LogP contribution < -0.4 is 17.1 Å². The summed E-state index contributed by atoms with van der Waals surface area (Å²) in [4.78, 5) is 25.7. The number of hydrogen-bond acceptors (Lipinski definition) is 6. The normalized spacial score (nSPS) is 12.2. The summed E-state index contributed by atoms with van der Waals surface area (Å²) in [6.45, 7) is 1.37. The fourth-order valence-electron chi connectivity index (χ4n) is 1.36. The number of carbonyl (C=O) groups excluding carboxylic acids is 2. The maximum atomic E-state index is 11.1. The van der Waals surface area contributed by atoms with Crippen molar-refractivity contribution in [2.75, 3.05) is 0 Å². The lowest BCUT2D eigenvalue weighted by Crippen LogP contribution is -2.35. The van der Waals surface area contributed by atoms with Crippen LogP contribution in [0.1, 0.15) is 18.1 Å². The molecule has 0 heterocycles. The van der Waals surface area contributed by atoms with Crippen molar-refractivity contribution in [1.29, 1.82) is 0 Å². The van der Waals surface area contributed by atoms with Crippen LogP contribution in [0.15, 0.2) is 29.4 Å². The molecular formula is C12H16N4O3. The highest BCUT2D eigenvalue weighted by atomic mass is 16.7. The molecule has 0 fully saturated rings. The number of nitrogens with two attached hydrogens (primary N) is 2. The number of rotatable bonds is 5. The molecule has 1 aromatic rings.